The Hall–Kier alpha value is -4.11. The van der Waals surface area contributed by atoms with Crippen molar-refractivity contribution in [2.24, 2.45) is 5.41 Å². The van der Waals surface area contributed by atoms with Crippen molar-refractivity contribution in [3.05, 3.63) is 59.7 Å². The molecule has 0 atom stereocenters. The Labute approximate surface area is 241 Å². The summed E-state index contributed by atoms with van der Waals surface area (Å²) in [6.07, 6.45) is 7.47. The van der Waals surface area contributed by atoms with Gasteiger partial charge in [-0.15, -0.1) is 0 Å². The highest BCUT2D eigenvalue weighted by molar-refractivity contribution is 6.17. The summed E-state index contributed by atoms with van der Waals surface area (Å²) in [7, 11) is 6.15. The van der Waals surface area contributed by atoms with Crippen LogP contribution in [0.15, 0.2) is 48.6 Å². The molecule has 2 N–H and O–H groups in total. The Morgan fingerprint density at radius 1 is 0.780 bits per heavy atom. The molecule has 41 heavy (non-hydrogen) atoms. The minimum absolute atomic E-state index is 0.244. The Bertz CT molecular complexity index is 1230. The van der Waals surface area contributed by atoms with E-state index in [1.165, 1.54) is 40.2 Å². The van der Waals surface area contributed by atoms with Crippen molar-refractivity contribution in [3.63, 3.8) is 0 Å². The summed E-state index contributed by atoms with van der Waals surface area (Å²) in [4.78, 5) is 39.8. The van der Waals surface area contributed by atoms with Crippen LogP contribution < -0.4 is 24.3 Å². The maximum Gasteiger partial charge on any atom is 0.251 e. The SMILES string of the molecule is COc1ccc(/C=C/C(=O)C2(C(=O)/C=C/c3ccc(OC)c(OC)c3)CCC(NC(=O)C(C)(C)O)CC2)cc1OC. The topological polar surface area (TPSA) is 120 Å². The summed E-state index contributed by atoms with van der Waals surface area (Å²) in [6.45, 7) is 2.83. The molecule has 220 valence electrons. The minimum Gasteiger partial charge on any atom is -0.493 e. The lowest BCUT2D eigenvalue weighted by Gasteiger charge is -2.37. The predicted octanol–water partition coefficient (Wildman–Crippen LogP) is 4.40. The average molecular weight is 566 g/mol. The van der Waals surface area contributed by atoms with Gasteiger partial charge in [-0.3, -0.25) is 14.4 Å². The number of amides is 1. The minimum atomic E-state index is -1.52. The molecule has 9 heteroatoms. The summed E-state index contributed by atoms with van der Waals surface area (Å²) in [5.74, 6) is 1.05. The van der Waals surface area contributed by atoms with Crippen LogP contribution in [0.3, 0.4) is 0 Å². The molecule has 1 aliphatic carbocycles. The van der Waals surface area contributed by atoms with Gasteiger partial charge in [0.15, 0.2) is 34.6 Å². The molecule has 0 heterocycles. The number of benzene rings is 2. The standard InChI is InChI=1S/C32H39NO8/c1-31(2,37)30(36)33-23-15-17-32(18-16-23,28(34)13-9-21-7-11-24(38-3)26(19-21)40-5)29(35)14-10-22-8-12-25(39-4)27(20-22)41-6/h7-14,19-20,23,37H,15-18H2,1-6H3,(H,33,36)/b13-9+,14-10+. The first kappa shape index (κ1) is 31.4. The van der Waals surface area contributed by atoms with E-state index in [0.717, 1.165) is 0 Å². The number of rotatable bonds is 12. The van der Waals surface area contributed by atoms with Gasteiger partial charge < -0.3 is 29.4 Å². The predicted molar refractivity (Wildman–Crippen MR) is 156 cm³/mol. The van der Waals surface area contributed by atoms with Crippen molar-refractivity contribution >= 4 is 29.6 Å². The third-order valence-electron chi connectivity index (χ3n) is 7.34. The van der Waals surface area contributed by atoms with Gasteiger partial charge in [-0.2, -0.15) is 0 Å². The molecule has 9 nitrogen and oxygen atoms in total. The van der Waals surface area contributed by atoms with Gasteiger partial charge in [-0.25, -0.2) is 0 Å². The zero-order chi connectivity index (χ0) is 30.2. The second-order valence-corrected chi connectivity index (χ2v) is 10.5. The highest BCUT2D eigenvalue weighted by atomic mass is 16.5. The average Bonchev–Trinajstić information content (AvgIpc) is 2.98. The monoisotopic (exact) mass is 565 g/mol. The molecule has 0 radical (unpaired) electrons. The van der Waals surface area contributed by atoms with E-state index in [4.69, 9.17) is 18.9 Å². The van der Waals surface area contributed by atoms with Gasteiger partial charge in [0.05, 0.1) is 33.9 Å². The summed E-state index contributed by atoms with van der Waals surface area (Å²) in [5, 5.41) is 12.9. The molecule has 0 bridgehead atoms. The molecule has 2 aromatic rings. The van der Waals surface area contributed by atoms with Crippen LogP contribution in [0.1, 0.15) is 50.7 Å². The Kier molecular flexibility index (Phi) is 10.3. The molecule has 3 rings (SSSR count). The molecule has 0 aliphatic heterocycles. The number of nitrogens with one attached hydrogen (secondary N) is 1. The second-order valence-electron chi connectivity index (χ2n) is 10.5. The molecular formula is C32H39NO8. The van der Waals surface area contributed by atoms with Crippen molar-refractivity contribution in [2.45, 2.75) is 51.2 Å². The number of allylic oxidation sites excluding steroid dienone is 2. The summed E-state index contributed by atoms with van der Waals surface area (Å²) in [6, 6.07) is 10.3. The fourth-order valence-electron chi connectivity index (χ4n) is 4.81. The van der Waals surface area contributed by atoms with E-state index in [-0.39, 0.29) is 30.4 Å². The lowest BCUT2D eigenvalue weighted by molar-refractivity contribution is -0.139. The lowest BCUT2D eigenvalue weighted by atomic mass is 9.66. The first-order chi connectivity index (χ1) is 19.5. The van der Waals surface area contributed by atoms with Gasteiger partial charge in [0.1, 0.15) is 5.60 Å². The van der Waals surface area contributed by atoms with Crippen LogP contribution in [-0.4, -0.2) is 62.7 Å². The number of aliphatic hydroxyl groups is 1. The number of methoxy groups -OCH3 is 4. The quantitative estimate of drug-likeness (QED) is 0.287. The van der Waals surface area contributed by atoms with E-state index in [1.54, 1.807) is 62.8 Å². The molecule has 1 saturated carbocycles. The fraction of sp³-hybridized carbons (Fsp3) is 0.406. The molecule has 0 saturated heterocycles. The number of ketones is 2. The van der Waals surface area contributed by atoms with E-state index < -0.39 is 16.9 Å². The number of carbonyl (C=O) groups is 3. The maximum atomic E-state index is 13.7. The highest BCUT2D eigenvalue weighted by Gasteiger charge is 2.46. The lowest BCUT2D eigenvalue weighted by Crippen LogP contribution is -2.50. The van der Waals surface area contributed by atoms with Gasteiger partial charge >= 0.3 is 0 Å². The van der Waals surface area contributed by atoms with Gasteiger partial charge in [0.2, 0.25) is 0 Å². The Balaban J connectivity index is 1.88. The normalized spacial score (nSPS) is 15.5. The van der Waals surface area contributed by atoms with E-state index in [9.17, 15) is 19.5 Å². The highest BCUT2D eigenvalue weighted by Crippen LogP contribution is 2.40. The number of ether oxygens (including phenoxy) is 4. The van der Waals surface area contributed by atoms with Crippen molar-refractivity contribution < 1.29 is 38.4 Å². The van der Waals surface area contributed by atoms with Crippen molar-refractivity contribution in [1.29, 1.82) is 0 Å². The number of hydrogen-bond donors (Lipinski definition) is 2. The zero-order valence-electron chi connectivity index (χ0n) is 24.5. The van der Waals surface area contributed by atoms with Gasteiger partial charge in [-0.1, -0.05) is 24.3 Å². The van der Waals surface area contributed by atoms with E-state index in [0.29, 0.717) is 47.0 Å². The fourth-order valence-corrected chi connectivity index (χ4v) is 4.81. The van der Waals surface area contributed by atoms with Crippen LogP contribution in [0.4, 0.5) is 0 Å². The van der Waals surface area contributed by atoms with E-state index in [2.05, 4.69) is 5.32 Å². The van der Waals surface area contributed by atoms with Gasteiger partial charge in [0.25, 0.3) is 5.91 Å². The molecule has 0 unspecified atom stereocenters. The Morgan fingerprint density at radius 2 is 1.20 bits per heavy atom. The number of carbonyl (C=O) groups excluding carboxylic acids is 3. The number of hydrogen-bond acceptors (Lipinski definition) is 8. The third-order valence-corrected chi connectivity index (χ3v) is 7.34. The zero-order valence-corrected chi connectivity index (χ0v) is 24.5. The van der Waals surface area contributed by atoms with Crippen LogP contribution in [0, 0.1) is 5.41 Å². The first-order valence-electron chi connectivity index (χ1n) is 13.4. The van der Waals surface area contributed by atoms with Crippen LogP contribution in [-0.2, 0) is 14.4 Å². The van der Waals surface area contributed by atoms with Crippen LogP contribution >= 0.6 is 0 Å². The molecule has 1 amide bonds. The van der Waals surface area contributed by atoms with Gasteiger partial charge in [0, 0.05) is 6.04 Å². The molecular weight excluding hydrogens is 526 g/mol. The molecule has 1 aliphatic rings. The van der Waals surface area contributed by atoms with E-state index in [1.807, 2.05) is 0 Å². The molecule has 0 aromatic heterocycles. The van der Waals surface area contributed by atoms with E-state index >= 15 is 0 Å². The van der Waals surface area contributed by atoms with Crippen LogP contribution in [0.2, 0.25) is 0 Å². The van der Waals surface area contributed by atoms with Crippen LogP contribution in [0.5, 0.6) is 23.0 Å². The van der Waals surface area contributed by atoms with Crippen molar-refractivity contribution in [1.82, 2.24) is 5.32 Å². The largest absolute Gasteiger partial charge is 0.493 e. The van der Waals surface area contributed by atoms with Gasteiger partial charge in [-0.05, 0) is 87.1 Å². The summed E-state index contributed by atoms with van der Waals surface area (Å²) >= 11 is 0. The summed E-state index contributed by atoms with van der Waals surface area (Å²) < 4.78 is 21.3. The molecule has 0 spiro atoms. The first-order valence-corrected chi connectivity index (χ1v) is 13.4. The summed E-state index contributed by atoms with van der Waals surface area (Å²) in [5.41, 5.74) is -1.39. The van der Waals surface area contributed by atoms with Crippen molar-refractivity contribution in [3.8, 4) is 23.0 Å². The second kappa shape index (κ2) is 13.5. The molecule has 2 aromatic carbocycles. The van der Waals surface area contributed by atoms with Crippen molar-refractivity contribution in [2.75, 3.05) is 28.4 Å². The maximum absolute atomic E-state index is 13.7. The smallest absolute Gasteiger partial charge is 0.251 e. The Morgan fingerprint density at radius 3 is 1.56 bits per heavy atom. The molecule has 1 fully saturated rings. The van der Waals surface area contributed by atoms with Crippen LogP contribution in [0.25, 0.3) is 12.2 Å². The third kappa shape index (κ3) is 7.55.